The van der Waals surface area contributed by atoms with Crippen molar-refractivity contribution < 1.29 is 5.11 Å². The minimum absolute atomic E-state index is 0.541. The van der Waals surface area contributed by atoms with E-state index in [0.717, 1.165) is 62.0 Å². The summed E-state index contributed by atoms with van der Waals surface area (Å²) in [4.78, 5) is 17.2. The number of hydrogen-bond acceptors (Lipinski definition) is 6. The first-order valence-electron chi connectivity index (χ1n) is 9.39. The lowest BCUT2D eigenvalue weighted by Crippen LogP contribution is -2.43. The second-order valence-electron chi connectivity index (χ2n) is 7.89. The topological polar surface area (TPSA) is 52.5 Å². The molecule has 25 heavy (non-hydrogen) atoms. The van der Waals surface area contributed by atoms with Crippen molar-refractivity contribution in [3.8, 4) is 0 Å². The molecule has 2 aromatic rings. The Morgan fingerprint density at radius 3 is 2.44 bits per heavy atom. The highest BCUT2D eigenvalue weighted by atomic mass is 32.1. The summed E-state index contributed by atoms with van der Waals surface area (Å²) >= 11 is 1.78. The van der Waals surface area contributed by atoms with Crippen molar-refractivity contribution in [1.82, 2.24) is 14.9 Å². The molecule has 0 radical (unpaired) electrons. The summed E-state index contributed by atoms with van der Waals surface area (Å²) in [6.07, 6.45) is 4.16. The van der Waals surface area contributed by atoms with Gasteiger partial charge in [-0.1, -0.05) is 0 Å². The van der Waals surface area contributed by atoms with E-state index in [-0.39, 0.29) is 0 Å². The zero-order chi connectivity index (χ0) is 17.6. The van der Waals surface area contributed by atoms with Crippen LogP contribution in [0.4, 0.5) is 5.82 Å². The number of aryl methyl sites for hydroxylation is 2. The molecular formula is C19H28N4OS. The largest absolute Gasteiger partial charge is 0.390 e. The third-order valence-corrected chi connectivity index (χ3v) is 6.86. The minimum atomic E-state index is -0.541. The van der Waals surface area contributed by atoms with Gasteiger partial charge in [0.1, 0.15) is 16.5 Å². The maximum absolute atomic E-state index is 10.3. The van der Waals surface area contributed by atoms with Crippen LogP contribution in [-0.4, -0.2) is 51.8 Å². The van der Waals surface area contributed by atoms with Crippen LogP contribution in [0.15, 0.2) is 0 Å². The number of hydrogen-bond donors (Lipinski definition) is 1. The molecule has 2 aliphatic heterocycles. The van der Waals surface area contributed by atoms with E-state index in [2.05, 4.69) is 23.6 Å². The Morgan fingerprint density at radius 1 is 1.08 bits per heavy atom. The third-order valence-electron chi connectivity index (χ3n) is 5.76. The number of nitrogens with zero attached hydrogens (tertiary/aromatic N) is 4. The van der Waals surface area contributed by atoms with Crippen LogP contribution >= 0.6 is 11.3 Å². The van der Waals surface area contributed by atoms with Crippen LogP contribution in [-0.2, 0) is 6.54 Å². The SMILES string of the molecule is Cc1sc2nc(CN3CCCC3)nc(N3CCC(C)(O)CC3)c2c1C. The molecule has 2 aliphatic rings. The summed E-state index contributed by atoms with van der Waals surface area (Å²) in [5, 5.41) is 11.5. The van der Waals surface area contributed by atoms with Crippen molar-refractivity contribution in [2.75, 3.05) is 31.1 Å². The van der Waals surface area contributed by atoms with E-state index in [0.29, 0.717) is 0 Å². The summed E-state index contributed by atoms with van der Waals surface area (Å²) in [6, 6.07) is 0. The smallest absolute Gasteiger partial charge is 0.146 e. The molecule has 2 fully saturated rings. The Bertz CT molecular complexity index is 769. The number of fused-ring (bicyclic) bond motifs is 1. The highest BCUT2D eigenvalue weighted by Gasteiger charge is 2.30. The quantitative estimate of drug-likeness (QED) is 0.910. The first-order valence-corrected chi connectivity index (χ1v) is 10.2. The van der Waals surface area contributed by atoms with Gasteiger partial charge in [0.15, 0.2) is 0 Å². The molecule has 4 heterocycles. The van der Waals surface area contributed by atoms with Crippen LogP contribution in [0, 0.1) is 13.8 Å². The summed E-state index contributed by atoms with van der Waals surface area (Å²) in [7, 11) is 0. The van der Waals surface area contributed by atoms with Gasteiger partial charge in [0.2, 0.25) is 0 Å². The predicted octanol–water partition coefficient (Wildman–Crippen LogP) is 3.26. The van der Waals surface area contributed by atoms with E-state index < -0.39 is 5.60 Å². The summed E-state index contributed by atoms with van der Waals surface area (Å²) in [5.74, 6) is 2.03. The molecule has 1 N–H and O–H groups in total. The summed E-state index contributed by atoms with van der Waals surface area (Å²) < 4.78 is 0. The minimum Gasteiger partial charge on any atom is -0.390 e. The second kappa shape index (κ2) is 6.49. The van der Waals surface area contributed by atoms with E-state index in [1.165, 1.54) is 28.7 Å². The molecule has 0 amide bonds. The number of anilines is 1. The number of rotatable bonds is 3. The van der Waals surface area contributed by atoms with Crippen molar-refractivity contribution in [2.45, 2.75) is 58.6 Å². The number of likely N-dealkylation sites (tertiary alicyclic amines) is 1. The van der Waals surface area contributed by atoms with Crippen LogP contribution in [0.5, 0.6) is 0 Å². The van der Waals surface area contributed by atoms with Crippen molar-refractivity contribution in [1.29, 1.82) is 0 Å². The standard InChI is InChI=1S/C19H28N4OS/c1-13-14(2)25-18-16(13)17(23-10-6-19(3,24)7-11-23)20-15(21-18)12-22-8-4-5-9-22/h24H,4-12H2,1-3H3. The zero-order valence-electron chi connectivity index (χ0n) is 15.5. The lowest BCUT2D eigenvalue weighted by molar-refractivity contribution is 0.0350. The van der Waals surface area contributed by atoms with E-state index in [1.54, 1.807) is 11.3 Å². The lowest BCUT2D eigenvalue weighted by Gasteiger charge is -2.36. The number of aliphatic hydroxyl groups is 1. The van der Waals surface area contributed by atoms with Gasteiger partial charge in [0.25, 0.3) is 0 Å². The van der Waals surface area contributed by atoms with Gasteiger partial charge in [-0.05, 0) is 65.1 Å². The van der Waals surface area contributed by atoms with Crippen molar-refractivity contribution in [2.24, 2.45) is 0 Å². The average Bonchev–Trinajstić information content (AvgIpc) is 3.16. The fourth-order valence-corrected chi connectivity index (χ4v) is 4.95. The third kappa shape index (κ3) is 3.39. The molecule has 0 saturated carbocycles. The van der Waals surface area contributed by atoms with Gasteiger partial charge in [-0.25, -0.2) is 9.97 Å². The van der Waals surface area contributed by atoms with Crippen LogP contribution in [0.1, 0.15) is 48.9 Å². The molecule has 2 saturated heterocycles. The zero-order valence-corrected chi connectivity index (χ0v) is 16.3. The molecule has 6 heteroatoms. The Morgan fingerprint density at radius 2 is 1.76 bits per heavy atom. The number of thiophene rings is 1. The van der Waals surface area contributed by atoms with Crippen molar-refractivity contribution >= 4 is 27.4 Å². The highest BCUT2D eigenvalue weighted by Crippen LogP contribution is 2.37. The lowest BCUT2D eigenvalue weighted by atomic mass is 9.94. The molecule has 0 atom stereocenters. The molecule has 5 nitrogen and oxygen atoms in total. The Hall–Kier alpha value is -1.24. The molecule has 0 aliphatic carbocycles. The van der Waals surface area contributed by atoms with Crippen molar-refractivity contribution in [3.05, 3.63) is 16.3 Å². The summed E-state index contributed by atoms with van der Waals surface area (Å²) in [5.41, 5.74) is 0.765. The first-order chi connectivity index (χ1) is 11.9. The molecule has 0 aromatic carbocycles. The van der Waals surface area contributed by atoms with Gasteiger partial charge < -0.3 is 10.0 Å². The van der Waals surface area contributed by atoms with Gasteiger partial charge in [-0.15, -0.1) is 11.3 Å². The maximum atomic E-state index is 10.3. The van der Waals surface area contributed by atoms with E-state index in [4.69, 9.17) is 9.97 Å². The predicted molar refractivity (Wildman–Crippen MR) is 103 cm³/mol. The monoisotopic (exact) mass is 360 g/mol. The maximum Gasteiger partial charge on any atom is 0.146 e. The van der Waals surface area contributed by atoms with E-state index in [9.17, 15) is 5.11 Å². The Labute approximate surface area is 153 Å². The van der Waals surface area contributed by atoms with Crippen LogP contribution in [0.25, 0.3) is 10.2 Å². The molecular weight excluding hydrogens is 332 g/mol. The molecule has 4 rings (SSSR count). The Kier molecular flexibility index (Phi) is 4.46. The molecule has 0 spiro atoms. The Balaban J connectivity index is 1.72. The number of aromatic nitrogens is 2. The molecule has 0 unspecified atom stereocenters. The van der Waals surface area contributed by atoms with Crippen LogP contribution < -0.4 is 4.90 Å². The molecule has 2 aromatic heterocycles. The van der Waals surface area contributed by atoms with Gasteiger partial charge >= 0.3 is 0 Å². The molecule has 0 bridgehead atoms. The van der Waals surface area contributed by atoms with E-state index >= 15 is 0 Å². The van der Waals surface area contributed by atoms with Crippen LogP contribution in [0.2, 0.25) is 0 Å². The fraction of sp³-hybridized carbons (Fsp3) is 0.684. The van der Waals surface area contributed by atoms with Crippen molar-refractivity contribution in [3.63, 3.8) is 0 Å². The van der Waals surface area contributed by atoms with Gasteiger partial charge in [-0.2, -0.15) is 0 Å². The second-order valence-corrected chi connectivity index (χ2v) is 9.10. The average molecular weight is 361 g/mol. The fourth-order valence-electron chi connectivity index (χ4n) is 3.91. The summed E-state index contributed by atoms with van der Waals surface area (Å²) in [6.45, 7) is 11.2. The van der Waals surface area contributed by atoms with Gasteiger partial charge in [0.05, 0.1) is 17.5 Å². The first kappa shape index (κ1) is 17.2. The van der Waals surface area contributed by atoms with Gasteiger partial charge in [-0.3, -0.25) is 4.90 Å². The van der Waals surface area contributed by atoms with Crippen LogP contribution in [0.3, 0.4) is 0 Å². The normalized spacial score (nSPS) is 21.4. The van der Waals surface area contributed by atoms with E-state index in [1.807, 2.05) is 6.92 Å². The highest BCUT2D eigenvalue weighted by molar-refractivity contribution is 7.18. The number of piperidine rings is 1. The molecule has 136 valence electrons. The van der Waals surface area contributed by atoms with Gasteiger partial charge in [0, 0.05) is 18.0 Å².